The Morgan fingerprint density at radius 1 is 1.54 bits per heavy atom. The standard InChI is InChI=1S/C9H19O3P/c1-3-4-7-11-8(2)9(12-13)5-6-10/h6,8-9H,3-5,7,13H2,1-2H3/t8-,9?/m1/s1. The Bertz CT molecular complexity index is 130. The van der Waals surface area contributed by atoms with E-state index in [0.717, 1.165) is 25.7 Å². The lowest BCUT2D eigenvalue weighted by Gasteiger charge is -2.20. The predicted molar refractivity (Wildman–Crippen MR) is 55.6 cm³/mol. The molecule has 0 aliphatic carbocycles. The summed E-state index contributed by atoms with van der Waals surface area (Å²) in [7, 11) is 2.18. The van der Waals surface area contributed by atoms with E-state index in [9.17, 15) is 4.79 Å². The molecule has 0 radical (unpaired) electrons. The molecule has 0 spiro atoms. The van der Waals surface area contributed by atoms with Crippen molar-refractivity contribution in [3.8, 4) is 0 Å². The first kappa shape index (κ1) is 13.0. The molecule has 0 rings (SSSR count). The first-order valence-electron chi connectivity index (χ1n) is 4.67. The zero-order valence-electron chi connectivity index (χ0n) is 8.36. The first-order chi connectivity index (χ1) is 6.26. The molecule has 0 saturated carbocycles. The summed E-state index contributed by atoms with van der Waals surface area (Å²) >= 11 is 0. The Labute approximate surface area is 82.5 Å². The predicted octanol–water partition coefficient (Wildman–Crippen LogP) is 1.96. The van der Waals surface area contributed by atoms with Crippen LogP contribution in [0.5, 0.6) is 0 Å². The molecule has 0 aliphatic heterocycles. The Balaban J connectivity index is 3.63. The first-order valence-corrected chi connectivity index (χ1v) is 5.14. The minimum atomic E-state index is -0.139. The highest BCUT2D eigenvalue weighted by atomic mass is 31.0. The summed E-state index contributed by atoms with van der Waals surface area (Å²) in [6.45, 7) is 4.78. The van der Waals surface area contributed by atoms with Crippen molar-refractivity contribution < 1.29 is 14.1 Å². The van der Waals surface area contributed by atoms with E-state index in [1.807, 2.05) is 6.92 Å². The molecule has 0 amide bonds. The van der Waals surface area contributed by atoms with Gasteiger partial charge in [-0.25, -0.2) is 0 Å². The Hall–Kier alpha value is 0.0200. The quantitative estimate of drug-likeness (QED) is 0.346. The van der Waals surface area contributed by atoms with Crippen LogP contribution in [0.4, 0.5) is 0 Å². The molecule has 0 bridgehead atoms. The molecule has 3 nitrogen and oxygen atoms in total. The van der Waals surface area contributed by atoms with E-state index in [4.69, 9.17) is 9.26 Å². The van der Waals surface area contributed by atoms with Gasteiger partial charge in [-0.15, -0.1) is 0 Å². The van der Waals surface area contributed by atoms with Crippen molar-refractivity contribution in [2.24, 2.45) is 0 Å². The summed E-state index contributed by atoms with van der Waals surface area (Å²) in [6, 6.07) is 0. The molecular weight excluding hydrogens is 187 g/mol. The molecule has 0 fully saturated rings. The van der Waals surface area contributed by atoms with E-state index >= 15 is 0 Å². The van der Waals surface area contributed by atoms with Gasteiger partial charge in [0.25, 0.3) is 0 Å². The van der Waals surface area contributed by atoms with Crippen molar-refractivity contribution in [2.45, 2.75) is 45.3 Å². The van der Waals surface area contributed by atoms with Crippen LogP contribution in [0, 0.1) is 0 Å². The Kier molecular flexibility index (Phi) is 8.62. The van der Waals surface area contributed by atoms with Gasteiger partial charge in [-0.1, -0.05) is 13.3 Å². The third kappa shape index (κ3) is 6.14. The normalized spacial score (nSPS) is 15.3. The minimum absolute atomic E-state index is 0.0192. The van der Waals surface area contributed by atoms with Crippen LogP contribution in [0.25, 0.3) is 0 Å². The zero-order valence-corrected chi connectivity index (χ0v) is 9.52. The van der Waals surface area contributed by atoms with Crippen LogP contribution in [-0.4, -0.2) is 25.1 Å². The van der Waals surface area contributed by atoms with Crippen LogP contribution in [0.2, 0.25) is 0 Å². The van der Waals surface area contributed by atoms with Crippen LogP contribution >= 0.6 is 9.47 Å². The second-order valence-electron chi connectivity index (χ2n) is 3.01. The molecule has 3 atom stereocenters. The van der Waals surface area contributed by atoms with Gasteiger partial charge in [0.1, 0.15) is 6.29 Å². The van der Waals surface area contributed by atoms with E-state index in [-0.39, 0.29) is 12.2 Å². The molecular formula is C9H19O3P. The fourth-order valence-corrected chi connectivity index (χ4v) is 1.31. The average Bonchev–Trinajstić information content (AvgIpc) is 2.14. The average molecular weight is 206 g/mol. The van der Waals surface area contributed by atoms with Gasteiger partial charge >= 0.3 is 0 Å². The minimum Gasteiger partial charge on any atom is -0.376 e. The van der Waals surface area contributed by atoms with Crippen LogP contribution in [-0.2, 0) is 14.1 Å². The third-order valence-corrected chi connectivity index (χ3v) is 2.26. The van der Waals surface area contributed by atoms with E-state index < -0.39 is 0 Å². The third-order valence-electron chi connectivity index (χ3n) is 1.91. The summed E-state index contributed by atoms with van der Waals surface area (Å²) in [4.78, 5) is 10.3. The molecule has 2 unspecified atom stereocenters. The summed E-state index contributed by atoms with van der Waals surface area (Å²) in [5.74, 6) is 0. The molecule has 0 aliphatic rings. The number of unbranched alkanes of at least 4 members (excludes halogenated alkanes) is 1. The molecule has 78 valence electrons. The highest BCUT2D eigenvalue weighted by molar-refractivity contribution is 7.09. The smallest absolute Gasteiger partial charge is 0.122 e. The van der Waals surface area contributed by atoms with Gasteiger partial charge in [0.15, 0.2) is 0 Å². The number of rotatable bonds is 8. The molecule has 4 heteroatoms. The number of carbonyl (C=O) groups is 1. The summed E-state index contributed by atoms with van der Waals surface area (Å²) in [6.07, 6.45) is 3.25. The van der Waals surface area contributed by atoms with Gasteiger partial charge in [-0.3, -0.25) is 0 Å². The van der Waals surface area contributed by atoms with Crippen molar-refractivity contribution in [2.75, 3.05) is 6.61 Å². The molecule has 0 heterocycles. The van der Waals surface area contributed by atoms with E-state index in [1.54, 1.807) is 0 Å². The van der Waals surface area contributed by atoms with Gasteiger partial charge in [0.2, 0.25) is 0 Å². The molecule has 13 heavy (non-hydrogen) atoms. The van der Waals surface area contributed by atoms with E-state index in [1.165, 1.54) is 0 Å². The number of carbonyl (C=O) groups excluding carboxylic acids is 1. The zero-order chi connectivity index (χ0) is 10.1. The monoisotopic (exact) mass is 206 g/mol. The summed E-state index contributed by atoms with van der Waals surface area (Å²) in [5, 5.41) is 0. The summed E-state index contributed by atoms with van der Waals surface area (Å²) < 4.78 is 10.5. The van der Waals surface area contributed by atoms with Gasteiger partial charge < -0.3 is 14.1 Å². The largest absolute Gasteiger partial charge is 0.376 e. The highest BCUT2D eigenvalue weighted by Gasteiger charge is 2.16. The number of hydrogen-bond donors (Lipinski definition) is 0. The van der Waals surface area contributed by atoms with Crippen LogP contribution in [0.3, 0.4) is 0 Å². The van der Waals surface area contributed by atoms with Crippen LogP contribution < -0.4 is 0 Å². The Morgan fingerprint density at radius 2 is 2.23 bits per heavy atom. The van der Waals surface area contributed by atoms with Crippen molar-refractivity contribution in [1.29, 1.82) is 0 Å². The topological polar surface area (TPSA) is 35.5 Å². The molecule has 0 aromatic rings. The van der Waals surface area contributed by atoms with Gasteiger partial charge in [-0.2, -0.15) is 0 Å². The van der Waals surface area contributed by atoms with E-state index in [2.05, 4.69) is 16.4 Å². The number of hydrogen-bond acceptors (Lipinski definition) is 3. The molecule has 0 N–H and O–H groups in total. The van der Waals surface area contributed by atoms with Gasteiger partial charge in [-0.05, 0) is 13.3 Å². The van der Waals surface area contributed by atoms with Crippen molar-refractivity contribution in [3.05, 3.63) is 0 Å². The fourth-order valence-electron chi connectivity index (χ4n) is 0.974. The maximum Gasteiger partial charge on any atom is 0.122 e. The van der Waals surface area contributed by atoms with Crippen molar-refractivity contribution >= 4 is 15.8 Å². The second kappa shape index (κ2) is 8.61. The fraction of sp³-hybridized carbons (Fsp3) is 0.889. The van der Waals surface area contributed by atoms with Crippen LogP contribution in [0.15, 0.2) is 0 Å². The highest BCUT2D eigenvalue weighted by Crippen LogP contribution is 2.10. The molecule has 0 saturated heterocycles. The van der Waals surface area contributed by atoms with E-state index in [0.29, 0.717) is 6.42 Å². The van der Waals surface area contributed by atoms with Gasteiger partial charge in [0, 0.05) is 22.5 Å². The molecule has 0 aromatic carbocycles. The summed E-state index contributed by atoms with van der Waals surface area (Å²) in [5.41, 5.74) is 0. The second-order valence-corrected chi connectivity index (χ2v) is 3.28. The lowest BCUT2D eigenvalue weighted by molar-refractivity contribution is -0.111. The number of aldehydes is 1. The lowest BCUT2D eigenvalue weighted by Crippen LogP contribution is -2.27. The number of ether oxygens (including phenoxy) is 1. The van der Waals surface area contributed by atoms with Gasteiger partial charge in [0.05, 0.1) is 12.2 Å². The Morgan fingerprint density at radius 3 is 2.69 bits per heavy atom. The molecule has 0 aromatic heterocycles. The maximum absolute atomic E-state index is 10.3. The van der Waals surface area contributed by atoms with Crippen molar-refractivity contribution in [1.82, 2.24) is 0 Å². The lowest BCUT2D eigenvalue weighted by atomic mass is 10.2. The SMILES string of the molecule is CCCCO[C@H](C)C(CC=O)OP. The van der Waals surface area contributed by atoms with Crippen molar-refractivity contribution in [3.63, 3.8) is 0 Å². The van der Waals surface area contributed by atoms with Crippen LogP contribution in [0.1, 0.15) is 33.1 Å². The maximum atomic E-state index is 10.3.